The van der Waals surface area contributed by atoms with Crippen LogP contribution in [0.3, 0.4) is 0 Å². The van der Waals surface area contributed by atoms with Gasteiger partial charge in [0.2, 0.25) is 5.91 Å². The van der Waals surface area contributed by atoms with Gasteiger partial charge in [-0.1, -0.05) is 12.1 Å². The maximum Gasteiger partial charge on any atom is 0.255 e. The molecule has 0 aliphatic heterocycles. The normalized spacial score (nSPS) is 11.7. The number of carbonyl (C=O) groups excluding carboxylic acids is 2. The summed E-state index contributed by atoms with van der Waals surface area (Å²) in [5.74, 6) is -0.675. The molecule has 2 amide bonds. The van der Waals surface area contributed by atoms with Crippen LogP contribution in [-0.4, -0.2) is 28.1 Å². The zero-order valence-electron chi connectivity index (χ0n) is 12.9. The third-order valence-electron chi connectivity index (χ3n) is 3.47. The van der Waals surface area contributed by atoms with Gasteiger partial charge < -0.3 is 15.1 Å². The van der Waals surface area contributed by atoms with Gasteiger partial charge in [0.05, 0.1) is 17.5 Å². The molecule has 1 aromatic carbocycles. The predicted molar refractivity (Wildman–Crippen MR) is 88.3 cm³/mol. The molecule has 1 unspecified atom stereocenters. The van der Waals surface area contributed by atoms with Gasteiger partial charge in [0.1, 0.15) is 12.3 Å². The van der Waals surface area contributed by atoms with Crippen LogP contribution in [-0.2, 0) is 4.79 Å². The van der Waals surface area contributed by atoms with Crippen LogP contribution >= 0.6 is 0 Å². The minimum atomic E-state index is -0.691. The SMILES string of the molecule is CC(NC(=O)c1ccoc1)C(=O)Nc1cccc(-c2ccn[nH]2)c1. The Labute approximate surface area is 138 Å². The highest BCUT2D eigenvalue weighted by Gasteiger charge is 2.17. The summed E-state index contributed by atoms with van der Waals surface area (Å²) in [6.45, 7) is 1.62. The second-order valence-electron chi connectivity index (χ2n) is 5.25. The third-order valence-corrected chi connectivity index (χ3v) is 3.47. The van der Waals surface area contributed by atoms with Crippen molar-refractivity contribution in [2.24, 2.45) is 0 Å². The summed E-state index contributed by atoms with van der Waals surface area (Å²) < 4.78 is 4.85. The first-order valence-corrected chi connectivity index (χ1v) is 7.37. The molecule has 3 rings (SSSR count). The molecule has 7 heteroatoms. The number of aromatic amines is 1. The maximum atomic E-state index is 12.2. The van der Waals surface area contributed by atoms with E-state index in [9.17, 15) is 9.59 Å². The predicted octanol–water partition coefficient (Wildman–Crippen LogP) is 2.43. The van der Waals surface area contributed by atoms with Gasteiger partial charge in [-0.2, -0.15) is 5.10 Å². The molecule has 2 aromatic heterocycles. The first-order chi connectivity index (χ1) is 11.6. The lowest BCUT2D eigenvalue weighted by Crippen LogP contribution is -2.41. The van der Waals surface area contributed by atoms with Gasteiger partial charge in [0.25, 0.3) is 5.91 Å². The van der Waals surface area contributed by atoms with Crippen LogP contribution < -0.4 is 10.6 Å². The standard InChI is InChI=1S/C17H16N4O3/c1-11(19-17(23)13-6-8-24-10-13)16(22)20-14-4-2-3-12(9-14)15-5-7-18-21-15/h2-11H,1H3,(H,18,21)(H,19,23)(H,20,22). The number of aromatic nitrogens is 2. The Kier molecular flexibility index (Phi) is 4.42. The summed E-state index contributed by atoms with van der Waals surface area (Å²) in [6, 6.07) is 10.0. The molecule has 122 valence electrons. The summed E-state index contributed by atoms with van der Waals surface area (Å²) >= 11 is 0. The van der Waals surface area contributed by atoms with Crippen LogP contribution in [0.25, 0.3) is 11.3 Å². The fraction of sp³-hybridized carbons (Fsp3) is 0.118. The lowest BCUT2D eigenvalue weighted by Gasteiger charge is -2.14. The van der Waals surface area contributed by atoms with Gasteiger partial charge in [-0.05, 0) is 31.2 Å². The molecule has 3 N–H and O–H groups in total. The molecule has 0 aliphatic carbocycles. The first-order valence-electron chi connectivity index (χ1n) is 7.37. The smallest absolute Gasteiger partial charge is 0.255 e. The Hall–Kier alpha value is -3.35. The van der Waals surface area contributed by atoms with Crippen molar-refractivity contribution in [3.05, 3.63) is 60.7 Å². The van der Waals surface area contributed by atoms with E-state index in [1.807, 2.05) is 24.3 Å². The molecule has 24 heavy (non-hydrogen) atoms. The zero-order valence-corrected chi connectivity index (χ0v) is 12.9. The topological polar surface area (TPSA) is 100 Å². The van der Waals surface area contributed by atoms with Gasteiger partial charge in [0, 0.05) is 17.4 Å². The monoisotopic (exact) mass is 324 g/mol. The number of nitrogens with zero attached hydrogens (tertiary/aromatic N) is 1. The lowest BCUT2D eigenvalue weighted by molar-refractivity contribution is -0.117. The van der Waals surface area contributed by atoms with E-state index in [4.69, 9.17) is 4.42 Å². The fourth-order valence-corrected chi connectivity index (χ4v) is 2.17. The fourth-order valence-electron chi connectivity index (χ4n) is 2.17. The summed E-state index contributed by atoms with van der Waals surface area (Å²) in [7, 11) is 0. The first kappa shape index (κ1) is 15.5. The molecule has 0 spiro atoms. The third kappa shape index (κ3) is 3.52. The van der Waals surface area contributed by atoms with Gasteiger partial charge in [-0.3, -0.25) is 14.7 Å². The molecule has 2 heterocycles. The number of furan rings is 1. The Balaban J connectivity index is 1.64. The molecule has 3 aromatic rings. The molecular formula is C17H16N4O3. The largest absolute Gasteiger partial charge is 0.472 e. The van der Waals surface area contributed by atoms with Gasteiger partial charge >= 0.3 is 0 Å². The van der Waals surface area contributed by atoms with E-state index in [2.05, 4.69) is 20.8 Å². The second-order valence-corrected chi connectivity index (χ2v) is 5.25. The van der Waals surface area contributed by atoms with Crippen molar-refractivity contribution in [2.45, 2.75) is 13.0 Å². The number of nitrogens with one attached hydrogen (secondary N) is 3. The van der Waals surface area contributed by atoms with E-state index in [0.29, 0.717) is 11.3 Å². The maximum absolute atomic E-state index is 12.2. The number of rotatable bonds is 5. The van der Waals surface area contributed by atoms with Gasteiger partial charge in [0.15, 0.2) is 0 Å². The molecule has 0 radical (unpaired) electrons. The minimum absolute atomic E-state index is 0.311. The molecule has 7 nitrogen and oxygen atoms in total. The van der Waals surface area contributed by atoms with Crippen LogP contribution in [0.5, 0.6) is 0 Å². The van der Waals surface area contributed by atoms with Crippen molar-refractivity contribution in [1.29, 1.82) is 0 Å². The highest BCUT2D eigenvalue weighted by atomic mass is 16.3. The Morgan fingerprint density at radius 1 is 1.25 bits per heavy atom. The molecule has 0 fully saturated rings. The number of carbonyl (C=O) groups is 2. The lowest BCUT2D eigenvalue weighted by atomic mass is 10.1. The average molecular weight is 324 g/mol. The summed E-state index contributed by atoms with van der Waals surface area (Å²) in [4.78, 5) is 24.2. The average Bonchev–Trinajstić information content (AvgIpc) is 3.28. The van der Waals surface area contributed by atoms with Crippen LogP contribution in [0.15, 0.2) is 59.5 Å². The van der Waals surface area contributed by atoms with Crippen molar-refractivity contribution in [3.63, 3.8) is 0 Å². The van der Waals surface area contributed by atoms with E-state index < -0.39 is 6.04 Å². The van der Waals surface area contributed by atoms with E-state index >= 15 is 0 Å². The molecule has 0 aliphatic rings. The molecular weight excluding hydrogens is 308 g/mol. The van der Waals surface area contributed by atoms with Crippen LogP contribution in [0.4, 0.5) is 5.69 Å². The Morgan fingerprint density at radius 3 is 2.83 bits per heavy atom. The van der Waals surface area contributed by atoms with E-state index in [0.717, 1.165) is 11.3 Å². The van der Waals surface area contributed by atoms with Crippen molar-refractivity contribution in [2.75, 3.05) is 5.32 Å². The summed E-state index contributed by atoms with van der Waals surface area (Å²) in [6.07, 6.45) is 4.39. The number of hydrogen-bond acceptors (Lipinski definition) is 4. The highest BCUT2D eigenvalue weighted by Crippen LogP contribution is 2.20. The zero-order chi connectivity index (χ0) is 16.9. The highest BCUT2D eigenvalue weighted by molar-refractivity contribution is 6.00. The van der Waals surface area contributed by atoms with Crippen molar-refractivity contribution >= 4 is 17.5 Å². The molecule has 0 saturated carbocycles. The number of amides is 2. The van der Waals surface area contributed by atoms with Gasteiger partial charge in [-0.25, -0.2) is 0 Å². The number of hydrogen-bond donors (Lipinski definition) is 3. The van der Waals surface area contributed by atoms with Crippen LogP contribution in [0, 0.1) is 0 Å². The van der Waals surface area contributed by atoms with Crippen molar-refractivity contribution in [1.82, 2.24) is 15.5 Å². The molecule has 1 atom stereocenters. The summed E-state index contributed by atoms with van der Waals surface area (Å²) in [5.41, 5.74) is 2.76. The minimum Gasteiger partial charge on any atom is -0.472 e. The van der Waals surface area contributed by atoms with Crippen molar-refractivity contribution in [3.8, 4) is 11.3 Å². The van der Waals surface area contributed by atoms with E-state index in [1.165, 1.54) is 18.6 Å². The second kappa shape index (κ2) is 6.82. The molecule has 0 bridgehead atoms. The number of anilines is 1. The van der Waals surface area contributed by atoms with Gasteiger partial charge in [-0.15, -0.1) is 0 Å². The number of benzene rings is 1. The Morgan fingerprint density at radius 2 is 2.12 bits per heavy atom. The summed E-state index contributed by atoms with van der Waals surface area (Å²) in [5, 5.41) is 12.2. The van der Waals surface area contributed by atoms with E-state index in [1.54, 1.807) is 19.2 Å². The van der Waals surface area contributed by atoms with Crippen LogP contribution in [0.1, 0.15) is 17.3 Å². The number of H-pyrrole nitrogens is 1. The van der Waals surface area contributed by atoms with E-state index in [-0.39, 0.29) is 11.8 Å². The van der Waals surface area contributed by atoms with Crippen LogP contribution in [0.2, 0.25) is 0 Å². The Bertz CT molecular complexity index is 825. The molecule has 0 saturated heterocycles. The van der Waals surface area contributed by atoms with Crippen molar-refractivity contribution < 1.29 is 14.0 Å². The quantitative estimate of drug-likeness (QED) is 0.671.